The Hall–Kier alpha value is -0.920. The minimum atomic E-state index is -3.69. The number of hydrogen-bond acceptors (Lipinski definition) is 3. The largest absolute Gasteiger partial charge is 0.481 e. The van der Waals surface area contributed by atoms with Gasteiger partial charge in [-0.25, -0.2) is 13.1 Å². The van der Waals surface area contributed by atoms with Crippen LogP contribution in [0.3, 0.4) is 0 Å². The van der Waals surface area contributed by atoms with Crippen LogP contribution in [-0.4, -0.2) is 25.5 Å². The number of rotatable bonds is 4. The fraction of sp³-hybridized carbons (Fsp3) is 0.500. The molecule has 0 saturated heterocycles. The molecule has 1 aliphatic rings. The summed E-state index contributed by atoms with van der Waals surface area (Å²) in [4.78, 5) is 11.5. The van der Waals surface area contributed by atoms with Gasteiger partial charge >= 0.3 is 5.97 Å². The number of hydrogen-bond donors (Lipinski definition) is 2. The summed E-state index contributed by atoms with van der Waals surface area (Å²) >= 11 is 3.26. The smallest absolute Gasteiger partial charge is 0.308 e. The van der Waals surface area contributed by atoms with Crippen molar-refractivity contribution in [3.05, 3.63) is 28.7 Å². The van der Waals surface area contributed by atoms with E-state index in [2.05, 4.69) is 20.7 Å². The molecule has 21 heavy (non-hydrogen) atoms. The summed E-state index contributed by atoms with van der Waals surface area (Å²) in [6.45, 7) is 0. The maximum absolute atomic E-state index is 12.4. The van der Waals surface area contributed by atoms with Crippen LogP contribution in [0, 0.1) is 5.92 Å². The number of carbonyl (C=O) groups is 1. The average Bonchev–Trinajstić information content (AvgIpc) is 2.64. The highest BCUT2D eigenvalue weighted by molar-refractivity contribution is 9.10. The average molecular weight is 376 g/mol. The third kappa shape index (κ3) is 4.28. The lowest BCUT2D eigenvalue weighted by molar-refractivity contribution is -0.142. The summed E-state index contributed by atoms with van der Waals surface area (Å²) in [5.41, 5.74) is 0. The number of aliphatic carboxylic acids is 1. The Labute approximate surface area is 132 Å². The molecule has 0 heterocycles. The molecular formula is C14H18BrNO4S. The van der Waals surface area contributed by atoms with Gasteiger partial charge in [-0.1, -0.05) is 35.2 Å². The van der Waals surface area contributed by atoms with E-state index in [0.29, 0.717) is 12.8 Å². The third-order valence-electron chi connectivity index (χ3n) is 3.76. The van der Waals surface area contributed by atoms with Crippen LogP contribution >= 0.6 is 15.9 Å². The van der Waals surface area contributed by atoms with E-state index in [-0.39, 0.29) is 4.90 Å². The lowest BCUT2D eigenvalue weighted by Crippen LogP contribution is -2.42. The normalized spacial score (nSPS) is 23.5. The fourth-order valence-corrected chi connectivity index (χ4v) is 4.20. The number of nitrogens with one attached hydrogen (secondary N) is 1. The predicted octanol–water partition coefficient (Wildman–Crippen LogP) is 2.76. The van der Waals surface area contributed by atoms with Crippen molar-refractivity contribution in [2.75, 3.05) is 0 Å². The van der Waals surface area contributed by atoms with Crippen molar-refractivity contribution in [2.45, 2.75) is 43.0 Å². The second-order valence-corrected chi connectivity index (χ2v) is 7.89. The second kappa shape index (κ2) is 6.89. The van der Waals surface area contributed by atoms with E-state index >= 15 is 0 Å². The lowest BCUT2D eigenvalue weighted by Gasteiger charge is -2.22. The molecule has 1 aromatic rings. The van der Waals surface area contributed by atoms with Gasteiger partial charge in [0.1, 0.15) is 0 Å². The monoisotopic (exact) mass is 375 g/mol. The summed E-state index contributed by atoms with van der Waals surface area (Å²) in [6, 6.07) is 5.75. The van der Waals surface area contributed by atoms with Gasteiger partial charge in [-0.05, 0) is 37.1 Å². The molecule has 0 aliphatic heterocycles. The lowest BCUT2D eigenvalue weighted by atomic mass is 9.96. The first-order valence-corrected chi connectivity index (χ1v) is 9.18. The van der Waals surface area contributed by atoms with E-state index in [1.165, 1.54) is 12.1 Å². The molecule has 0 bridgehead atoms. The molecule has 2 N–H and O–H groups in total. The SMILES string of the molecule is O=C(O)C1CCCCCC1NS(=O)(=O)c1ccc(Br)cc1. The molecular weight excluding hydrogens is 358 g/mol. The molecule has 2 rings (SSSR count). The fourth-order valence-electron chi connectivity index (χ4n) is 2.63. The molecule has 116 valence electrons. The number of carboxylic acid groups (broad SMARTS) is 1. The van der Waals surface area contributed by atoms with E-state index in [1.54, 1.807) is 12.1 Å². The molecule has 1 saturated carbocycles. The summed E-state index contributed by atoms with van der Waals surface area (Å²) < 4.78 is 28.1. The van der Waals surface area contributed by atoms with Gasteiger partial charge in [-0.3, -0.25) is 4.79 Å². The van der Waals surface area contributed by atoms with Crippen molar-refractivity contribution in [1.29, 1.82) is 0 Å². The van der Waals surface area contributed by atoms with Gasteiger partial charge in [0, 0.05) is 10.5 Å². The van der Waals surface area contributed by atoms with Crippen LogP contribution in [0.5, 0.6) is 0 Å². The van der Waals surface area contributed by atoms with Crippen molar-refractivity contribution in [3.8, 4) is 0 Å². The van der Waals surface area contributed by atoms with Crippen LogP contribution < -0.4 is 4.72 Å². The van der Waals surface area contributed by atoms with Crippen molar-refractivity contribution in [1.82, 2.24) is 4.72 Å². The summed E-state index contributed by atoms with van der Waals surface area (Å²) in [7, 11) is -3.69. The number of carboxylic acids is 1. The summed E-state index contributed by atoms with van der Waals surface area (Å²) in [5, 5.41) is 9.30. The van der Waals surface area contributed by atoms with Crippen molar-refractivity contribution >= 4 is 31.9 Å². The Bertz CT molecular complexity index is 600. The molecule has 2 atom stereocenters. The van der Waals surface area contributed by atoms with Crippen molar-refractivity contribution in [2.24, 2.45) is 5.92 Å². The van der Waals surface area contributed by atoms with Gasteiger partial charge in [0.05, 0.1) is 10.8 Å². The Morgan fingerprint density at radius 3 is 2.38 bits per heavy atom. The van der Waals surface area contributed by atoms with Gasteiger partial charge < -0.3 is 5.11 Å². The quantitative estimate of drug-likeness (QED) is 0.792. The van der Waals surface area contributed by atoms with E-state index in [0.717, 1.165) is 23.7 Å². The maximum Gasteiger partial charge on any atom is 0.308 e. The molecule has 5 nitrogen and oxygen atoms in total. The molecule has 1 aliphatic carbocycles. The van der Waals surface area contributed by atoms with Crippen molar-refractivity contribution < 1.29 is 18.3 Å². The van der Waals surface area contributed by atoms with E-state index in [9.17, 15) is 18.3 Å². The molecule has 0 spiro atoms. The van der Waals surface area contributed by atoms with Crippen LogP contribution in [-0.2, 0) is 14.8 Å². The van der Waals surface area contributed by atoms with E-state index < -0.39 is 28.0 Å². The maximum atomic E-state index is 12.4. The van der Waals surface area contributed by atoms with Gasteiger partial charge in [-0.2, -0.15) is 0 Å². The molecule has 0 aromatic heterocycles. The summed E-state index contributed by atoms with van der Waals surface area (Å²) in [5.74, 6) is -1.59. The predicted molar refractivity (Wildman–Crippen MR) is 82.5 cm³/mol. The zero-order valence-corrected chi connectivity index (χ0v) is 13.9. The van der Waals surface area contributed by atoms with Crippen LogP contribution in [0.15, 0.2) is 33.6 Å². The van der Waals surface area contributed by atoms with Gasteiger partial charge in [-0.15, -0.1) is 0 Å². The topological polar surface area (TPSA) is 83.5 Å². The highest BCUT2D eigenvalue weighted by atomic mass is 79.9. The molecule has 2 unspecified atom stereocenters. The van der Waals surface area contributed by atoms with Gasteiger partial charge in [0.15, 0.2) is 0 Å². The number of sulfonamides is 1. The third-order valence-corrected chi connectivity index (χ3v) is 5.80. The Morgan fingerprint density at radius 1 is 1.14 bits per heavy atom. The first-order valence-electron chi connectivity index (χ1n) is 6.91. The Kier molecular flexibility index (Phi) is 5.40. The van der Waals surface area contributed by atoms with Gasteiger partial charge in [0.2, 0.25) is 10.0 Å². The number of halogens is 1. The standard InChI is InChI=1S/C14H18BrNO4S/c15-10-6-8-11(9-7-10)21(19,20)16-13-5-3-1-2-4-12(13)14(17)18/h6-9,12-13,16H,1-5H2,(H,17,18). The highest BCUT2D eigenvalue weighted by Gasteiger charge is 2.32. The summed E-state index contributed by atoms with van der Waals surface area (Å²) in [6.07, 6.45) is 3.70. The van der Waals surface area contributed by atoms with Crippen molar-refractivity contribution in [3.63, 3.8) is 0 Å². The first kappa shape index (κ1) is 16.5. The Balaban J connectivity index is 2.20. The van der Waals surface area contributed by atoms with E-state index in [1.807, 2.05) is 0 Å². The second-order valence-electron chi connectivity index (χ2n) is 5.26. The highest BCUT2D eigenvalue weighted by Crippen LogP contribution is 2.25. The van der Waals surface area contributed by atoms with Crippen LogP contribution in [0.25, 0.3) is 0 Å². The van der Waals surface area contributed by atoms with Crippen LogP contribution in [0.2, 0.25) is 0 Å². The number of benzene rings is 1. The molecule has 0 radical (unpaired) electrons. The zero-order valence-electron chi connectivity index (χ0n) is 11.5. The minimum absolute atomic E-state index is 0.152. The zero-order chi connectivity index (χ0) is 15.5. The van der Waals surface area contributed by atoms with Crippen LogP contribution in [0.1, 0.15) is 32.1 Å². The molecule has 7 heteroatoms. The minimum Gasteiger partial charge on any atom is -0.481 e. The molecule has 1 fully saturated rings. The van der Waals surface area contributed by atoms with E-state index in [4.69, 9.17) is 0 Å². The first-order chi connectivity index (χ1) is 9.90. The molecule has 1 aromatic carbocycles. The van der Waals surface area contributed by atoms with Crippen LogP contribution in [0.4, 0.5) is 0 Å². The molecule has 0 amide bonds. The van der Waals surface area contributed by atoms with Gasteiger partial charge in [0.25, 0.3) is 0 Å². The Morgan fingerprint density at radius 2 is 1.76 bits per heavy atom.